The number of rotatable bonds is 1. The van der Waals surface area contributed by atoms with Crippen molar-refractivity contribution in [1.29, 1.82) is 0 Å². The summed E-state index contributed by atoms with van der Waals surface area (Å²) in [6.07, 6.45) is 3.59. The van der Waals surface area contributed by atoms with Crippen molar-refractivity contribution in [2.24, 2.45) is 0 Å². The molecule has 0 saturated carbocycles. The summed E-state index contributed by atoms with van der Waals surface area (Å²) in [6.45, 7) is 3.75. The third-order valence-electron chi connectivity index (χ3n) is 1.98. The molecule has 1 heterocycles. The number of nitrogens with zero attached hydrogens (tertiary/aromatic N) is 1. The number of pyridine rings is 1. The Hall–Kier alpha value is -1.34. The summed E-state index contributed by atoms with van der Waals surface area (Å²) in [5, 5.41) is 2.70. The fourth-order valence-corrected chi connectivity index (χ4v) is 1.50. The quantitative estimate of drug-likeness (QED) is 0.626. The lowest BCUT2D eigenvalue weighted by Crippen LogP contribution is -1.80. The molecule has 0 bridgehead atoms. The van der Waals surface area contributed by atoms with E-state index in [0.717, 1.165) is 16.3 Å². The molecule has 13 heavy (non-hydrogen) atoms. The minimum absolute atomic E-state index is 0.516. The Bertz CT molecular complexity index is 463. The molecule has 0 spiro atoms. The number of hydrogen-bond acceptors (Lipinski definition) is 1. The van der Waals surface area contributed by atoms with E-state index in [1.165, 1.54) is 0 Å². The molecule has 0 aliphatic heterocycles. The summed E-state index contributed by atoms with van der Waals surface area (Å²) in [7, 11) is 0. The number of halogens is 1. The molecule has 1 nitrogen and oxygen atoms in total. The van der Waals surface area contributed by atoms with E-state index in [9.17, 15) is 0 Å². The van der Waals surface area contributed by atoms with Gasteiger partial charge in [0.15, 0.2) is 0 Å². The van der Waals surface area contributed by atoms with Gasteiger partial charge in [0, 0.05) is 11.6 Å². The van der Waals surface area contributed by atoms with Crippen LogP contribution in [0.5, 0.6) is 0 Å². The van der Waals surface area contributed by atoms with Crippen molar-refractivity contribution < 1.29 is 0 Å². The second-order valence-electron chi connectivity index (χ2n) is 2.78. The summed E-state index contributed by atoms with van der Waals surface area (Å²) >= 11 is 5.80. The van der Waals surface area contributed by atoms with Crippen LogP contribution in [0.2, 0.25) is 5.15 Å². The fourth-order valence-electron chi connectivity index (χ4n) is 1.35. The summed E-state index contributed by atoms with van der Waals surface area (Å²) in [5.74, 6) is 0. The van der Waals surface area contributed by atoms with Gasteiger partial charge >= 0.3 is 0 Å². The van der Waals surface area contributed by atoms with Gasteiger partial charge in [0.05, 0.1) is 0 Å². The highest BCUT2D eigenvalue weighted by Crippen LogP contribution is 2.21. The summed E-state index contributed by atoms with van der Waals surface area (Å²) < 4.78 is 0. The molecule has 1 aromatic heterocycles. The third kappa shape index (κ3) is 1.43. The van der Waals surface area contributed by atoms with Gasteiger partial charge in [0.2, 0.25) is 0 Å². The van der Waals surface area contributed by atoms with Crippen LogP contribution in [0.15, 0.2) is 37.0 Å². The van der Waals surface area contributed by atoms with Crippen LogP contribution >= 0.6 is 11.6 Å². The largest absolute Gasteiger partial charge is 0.244 e. The van der Waals surface area contributed by atoms with Gasteiger partial charge in [0.25, 0.3) is 0 Å². The topological polar surface area (TPSA) is 12.9 Å². The van der Waals surface area contributed by atoms with Crippen LogP contribution in [0.4, 0.5) is 0 Å². The zero-order valence-electron chi connectivity index (χ0n) is 7.00. The van der Waals surface area contributed by atoms with Crippen molar-refractivity contribution in [2.75, 3.05) is 0 Å². The second kappa shape index (κ2) is 3.19. The third-order valence-corrected chi connectivity index (χ3v) is 2.19. The van der Waals surface area contributed by atoms with Crippen molar-refractivity contribution in [3.63, 3.8) is 0 Å². The number of hydrogen-bond donors (Lipinski definition) is 0. The predicted octanol–water partition coefficient (Wildman–Crippen LogP) is 3.53. The molecule has 2 rings (SSSR count). The van der Waals surface area contributed by atoms with E-state index < -0.39 is 0 Å². The molecular formula is C11H8ClN. The maximum Gasteiger partial charge on any atom is 0.129 e. The second-order valence-corrected chi connectivity index (χ2v) is 3.17. The van der Waals surface area contributed by atoms with Crippen LogP contribution in [0.3, 0.4) is 0 Å². The van der Waals surface area contributed by atoms with E-state index in [4.69, 9.17) is 11.6 Å². The van der Waals surface area contributed by atoms with E-state index in [1.54, 1.807) is 6.20 Å². The summed E-state index contributed by atoms with van der Waals surface area (Å²) in [4.78, 5) is 4.01. The lowest BCUT2D eigenvalue weighted by molar-refractivity contribution is 1.36. The number of aromatic nitrogens is 1. The average molecular weight is 190 g/mol. The Morgan fingerprint density at radius 1 is 1.38 bits per heavy atom. The first-order valence-electron chi connectivity index (χ1n) is 3.98. The molecule has 0 N–H and O–H groups in total. The fraction of sp³-hybridized carbons (Fsp3) is 0. The minimum Gasteiger partial charge on any atom is -0.244 e. The van der Waals surface area contributed by atoms with Crippen molar-refractivity contribution in [3.05, 3.63) is 47.8 Å². The summed E-state index contributed by atoms with van der Waals surface area (Å²) in [6, 6.07) is 7.85. The smallest absolute Gasteiger partial charge is 0.129 e. The van der Waals surface area contributed by atoms with E-state index in [2.05, 4.69) is 11.6 Å². The molecule has 0 unspecified atom stereocenters. The highest BCUT2D eigenvalue weighted by atomic mass is 35.5. The van der Waals surface area contributed by atoms with E-state index in [1.807, 2.05) is 30.3 Å². The van der Waals surface area contributed by atoms with E-state index in [0.29, 0.717) is 5.15 Å². The van der Waals surface area contributed by atoms with Crippen molar-refractivity contribution in [3.8, 4) is 0 Å². The standard InChI is InChI=1S/C11H8ClN/c1-2-8-4-3-5-9-7-13-11(12)6-10(8)9/h2-7H,1H2. The first-order chi connectivity index (χ1) is 6.31. The Labute approximate surface area is 81.7 Å². The SMILES string of the molecule is C=Cc1cccc2cnc(Cl)cc12. The van der Waals surface area contributed by atoms with Crippen LogP contribution in [0, 0.1) is 0 Å². The molecule has 2 heteroatoms. The van der Waals surface area contributed by atoms with Gasteiger partial charge < -0.3 is 0 Å². The minimum atomic E-state index is 0.516. The average Bonchev–Trinajstić information content (AvgIpc) is 2.17. The van der Waals surface area contributed by atoms with Crippen LogP contribution in [0.1, 0.15) is 5.56 Å². The molecule has 1 aromatic carbocycles. The molecule has 0 fully saturated rings. The zero-order valence-corrected chi connectivity index (χ0v) is 7.75. The number of fused-ring (bicyclic) bond motifs is 1. The molecule has 0 aliphatic carbocycles. The lowest BCUT2D eigenvalue weighted by Gasteiger charge is -2.01. The zero-order chi connectivity index (χ0) is 9.26. The molecule has 0 amide bonds. The number of benzene rings is 1. The molecule has 0 aliphatic rings. The highest BCUT2D eigenvalue weighted by Gasteiger charge is 1.98. The van der Waals surface area contributed by atoms with Gasteiger partial charge in [-0.3, -0.25) is 0 Å². The van der Waals surface area contributed by atoms with Gasteiger partial charge in [-0.1, -0.05) is 42.5 Å². The van der Waals surface area contributed by atoms with Crippen LogP contribution in [0.25, 0.3) is 16.8 Å². The maximum atomic E-state index is 5.80. The van der Waals surface area contributed by atoms with Gasteiger partial charge in [-0.25, -0.2) is 4.98 Å². The van der Waals surface area contributed by atoms with Crippen LogP contribution < -0.4 is 0 Å². The normalized spacial score (nSPS) is 10.2. The first kappa shape index (κ1) is 8.27. The summed E-state index contributed by atoms with van der Waals surface area (Å²) in [5.41, 5.74) is 1.09. The lowest BCUT2D eigenvalue weighted by atomic mass is 10.1. The van der Waals surface area contributed by atoms with Crippen molar-refractivity contribution >= 4 is 28.4 Å². The van der Waals surface area contributed by atoms with Gasteiger partial charge in [-0.2, -0.15) is 0 Å². The predicted molar refractivity (Wildman–Crippen MR) is 56.8 cm³/mol. The first-order valence-corrected chi connectivity index (χ1v) is 4.36. The Morgan fingerprint density at radius 2 is 2.23 bits per heavy atom. The van der Waals surface area contributed by atoms with Gasteiger partial charge in [0.1, 0.15) is 5.15 Å². The molecule has 0 atom stereocenters. The van der Waals surface area contributed by atoms with Crippen LogP contribution in [-0.4, -0.2) is 4.98 Å². The van der Waals surface area contributed by atoms with E-state index >= 15 is 0 Å². The Balaban J connectivity index is 2.86. The Morgan fingerprint density at radius 3 is 3.00 bits per heavy atom. The highest BCUT2D eigenvalue weighted by molar-refractivity contribution is 6.30. The maximum absolute atomic E-state index is 5.80. The molecular weight excluding hydrogens is 182 g/mol. The van der Waals surface area contributed by atoms with Crippen molar-refractivity contribution in [2.45, 2.75) is 0 Å². The van der Waals surface area contributed by atoms with Gasteiger partial charge in [-0.05, 0) is 17.0 Å². The molecule has 2 aromatic rings. The molecule has 0 saturated heterocycles. The van der Waals surface area contributed by atoms with Crippen LogP contribution in [-0.2, 0) is 0 Å². The van der Waals surface area contributed by atoms with Crippen molar-refractivity contribution in [1.82, 2.24) is 4.98 Å². The van der Waals surface area contributed by atoms with E-state index in [-0.39, 0.29) is 0 Å². The Kier molecular flexibility index (Phi) is 2.03. The van der Waals surface area contributed by atoms with Gasteiger partial charge in [-0.15, -0.1) is 0 Å². The molecule has 0 radical (unpaired) electrons. The molecule has 64 valence electrons. The monoisotopic (exact) mass is 189 g/mol.